The van der Waals surface area contributed by atoms with E-state index < -0.39 is 11.9 Å². The summed E-state index contributed by atoms with van der Waals surface area (Å²) in [7, 11) is 0. The lowest BCUT2D eigenvalue weighted by Crippen LogP contribution is -2.28. The Hall–Kier alpha value is -2.13. The summed E-state index contributed by atoms with van der Waals surface area (Å²) < 4.78 is 0. The Morgan fingerprint density at radius 3 is 2.24 bits per heavy atom. The van der Waals surface area contributed by atoms with E-state index in [4.69, 9.17) is 0 Å². The summed E-state index contributed by atoms with van der Waals surface area (Å²) in [4.78, 5) is 11.5. The highest BCUT2D eigenvalue weighted by Gasteiger charge is 2.20. The maximum absolute atomic E-state index is 11.5. The molecular weight excluding hydrogens is 262 g/mol. The molecule has 0 saturated carbocycles. The van der Waals surface area contributed by atoms with Crippen molar-refractivity contribution in [1.29, 1.82) is 0 Å². The molecule has 0 radical (unpaired) electrons. The highest BCUT2D eigenvalue weighted by Crippen LogP contribution is 2.18. The molecule has 0 saturated heterocycles. The summed E-state index contributed by atoms with van der Waals surface area (Å²) in [5, 5.41) is 12.7. The lowest BCUT2D eigenvalue weighted by Gasteiger charge is -2.19. The molecule has 2 atom stereocenters. The van der Waals surface area contributed by atoms with E-state index >= 15 is 0 Å². The fourth-order valence-electron chi connectivity index (χ4n) is 2.30. The third-order valence-corrected chi connectivity index (χ3v) is 3.71. The maximum atomic E-state index is 11.5. The SMILES string of the molecule is Cc1ccc([C@H](C)NCC(C(=O)O)c2ccccc2)cc1. The van der Waals surface area contributed by atoms with Crippen LogP contribution in [0, 0.1) is 6.92 Å². The lowest BCUT2D eigenvalue weighted by atomic mass is 9.98. The van der Waals surface area contributed by atoms with Crippen LogP contribution in [0.25, 0.3) is 0 Å². The molecule has 0 aliphatic rings. The first-order valence-electron chi connectivity index (χ1n) is 7.15. The van der Waals surface area contributed by atoms with Gasteiger partial charge in [0.25, 0.3) is 0 Å². The molecule has 21 heavy (non-hydrogen) atoms. The average Bonchev–Trinajstić information content (AvgIpc) is 2.48. The van der Waals surface area contributed by atoms with Crippen LogP contribution < -0.4 is 5.32 Å². The predicted molar refractivity (Wildman–Crippen MR) is 84.4 cm³/mol. The number of carboxylic acid groups (broad SMARTS) is 1. The number of aliphatic carboxylic acids is 1. The highest BCUT2D eigenvalue weighted by molar-refractivity contribution is 5.76. The highest BCUT2D eigenvalue weighted by atomic mass is 16.4. The molecule has 0 aromatic heterocycles. The van der Waals surface area contributed by atoms with Gasteiger partial charge in [-0.3, -0.25) is 4.79 Å². The first-order chi connectivity index (χ1) is 10.1. The van der Waals surface area contributed by atoms with Gasteiger partial charge in [-0.25, -0.2) is 0 Å². The summed E-state index contributed by atoms with van der Waals surface area (Å²) >= 11 is 0. The number of nitrogens with one attached hydrogen (secondary N) is 1. The molecule has 110 valence electrons. The van der Waals surface area contributed by atoms with Gasteiger partial charge in [0.2, 0.25) is 0 Å². The molecule has 0 aliphatic heterocycles. The molecule has 0 amide bonds. The Bertz CT molecular complexity index is 578. The van der Waals surface area contributed by atoms with Crippen LogP contribution in [0.15, 0.2) is 54.6 Å². The van der Waals surface area contributed by atoms with E-state index in [9.17, 15) is 9.90 Å². The van der Waals surface area contributed by atoms with Crippen molar-refractivity contribution >= 4 is 5.97 Å². The van der Waals surface area contributed by atoms with Gasteiger partial charge >= 0.3 is 5.97 Å². The first kappa shape index (κ1) is 15.3. The van der Waals surface area contributed by atoms with Crippen LogP contribution in [0.2, 0.25) is 0 Å². The lowest BCUT2D eigenvalue weighted by molar-refractivity contribution is -0.138. The summed E-state index contributed by atoms with van der Waals surface area (Å²) in [6.45, 7) is 4.51. The zero-order valence-electron chi connectivity index (χ0n) is 12.4. The average molecular weight is 283 g/mol. The molecule has 2 N–H and O–H groups in total. The monoisotopic (exact) mass is 283 g/mol. The molecule has 0 aliphatic carbocycles. The van der Waals surface area contributed by atoms with Crippen molar-refractivity contribution in [2.75, 3.05) is 6.54 Å². The number of benzene rings is 2. The first-order valence-corrected chi connectivity index (χ1v) is 7.15. The van der Waals surface area contributed by atoms with Gasteiger partial charge in [-0.2, -0.15) is 0 Å². The van der Waals surface area contributed by atoms with Gasteiger partial charge in [-0.1, -0.05) is 60.2 Å². The van der Waals surface area contributed by atoms with Crippen LogP contribution in [0.4, 0.5) is 0 Å². The Morgan fingerprint density at radius 2 is 1.67 bits per heavy atom. The predicted octanol–water partition coefficient (Wildman–Crippen LogP) is 3.51. The van der Waals surface area contributed by atoms with Gasteiger partial charge in [0, 0.05) is 12.6 Å². The summed E-state index contributed by atoms with van der Waals surface area (Å²) in [6, 6.07) is 17.8. The molecule has 3 heteroatoms. The van der Waals surface area contributed by atoms with E-state index in [0.717, 1.165) is 11.1 Å². The number of carbonyl (C=O) groups is 1. The van der Waals surface area contributed by atoms with E-state index in [-0.39, 0.29) is 6.04 Å². The van der Waals surface area contributed by atoms with Crippen molar-refractivity contribution < 1.29 is 9.90 Å². The summed E-state index contributed by atoms with van der Waals surface area (Å²) in [5.41, 5.74) is 3.21. The molecular formula is C18H21NO2. The van der Waals surface area contributed by atoms with Crippen molar-refractivity contribution in [1.82, 2.24) is 5.32 Å². The minimum absolute atomic E-state index is 0.121. The van der Waals surface area contributed by atoms with E-state index in [1.807, 2.05) is 30.3 Å². The van der Waals surface area contributed by atoms with Crippen molar-refractivity contribution in [2.45, 2.75) is 25.8 Å². The molecule has 0 spiro atoms. The van der Waals surface area contributed by atoms with Crippen molar-refractivity contribution in [3.63, 3.8) is 0 Å². The van der Waals surface area contributed by atoms with Crippen molar-refractivity contribution in [3.05, 3.63) is 71.3 Å². The minimum atomic E-state index is -0.801. The largest absolute Gasteiger partial charge is 0.481 e. The van der Waals surface area contributed by atoms with Crippen LogP contribution in [0.5, 0.6) is 0 Å². The quantitative estimate of drug-likeness (QED) is 0.853. The number of rotatable bonds is 6. The molecule has 0 heterocycles. The molecule has 0 bridgehead atoms. The molecule has 0 fully saturated rings. The topological polar surface area (TPSA) is 49.3 Å². The Balaban J connectivity index is 2.02. The Kier molecular flexibility index (Phi) is 5.12. The molecule has 2 aromatic rings. The van der Waals surface area contributed by atoms with Crippen LogP contribution in [0.3, 0.4) is 0 Å². The number of hydrogen-bond donors (Lipinski definition) is 2. The smallest absolute Gasteiger partial charge is 0.312 e. The number of aryl methyl sites for hydroxylation is 1. The van der Waals surface area contributed by atoms with E-state index in [1.54, 1.807) is 0 Å². The van der Waals surface area contributed by atoms with E-state index in [1.165, 1.54) is 5.56 Å². The second-order valence-corrected chi connectivity index (χ2v) is 5.34. The van der Waals surface area contributed by atoms with Crippen molar-refractivity contribution in [3.8, 4) is 0 Å². The zero-order chi connectivity index (χ0) is 15.2. The van der Waals surface area contributed by atoms with Gasteiger partial charge in [0.15, 0.2) is 0 Å². The zero-order valence-corrected chi connectivity index (χ0v) is 12.4. The van der Waals surface area contributed by atoms with E-state index in [0.29, 0.717) is 6.54 Å². The normalized spacial score (nSPS) is 13.6. The molecule has 1 unspecified atom stereocenters. The molecule has 3 nitrogen and oxygen atoms in total. The summed E-state index contributed by atoms with van der Waals surface area (Å²) in [6.07, 6.45) is 0. The fourth-order valence-corrected chi connectivity index (χ4v) is 2.30. The van der Waals surface area contributed by atoms with Crippen LogP contribution >= 0.6 is 0 Å². The van der Waals surface area contributed by atoms with Gasteiger partial charge in [-0.05, 0) is 25.0 Å². The van der Waals surface area contributed by atoms with Gasteiger partial charge < -0.3 is 10.4 Å². The third kappa shape index (κ3) is 4.17. The van der Waals surface area contributed by atoms with Crippen LogP contribution in [-0.2, 0) is 4.79 Å². The second-order valence-electron chi connectivity index (χ2n) is 5.34. The van der Waals surface area contributed by atoms with Gasteiger partial charge in [0.1, 0.15) is 0 Å². The van der Waals surface area contributed by atoms with Crippen LogP contribution in [0.1, 0.15) is 35.6 Å². The molecule has 2 rings (SSSR count). The van der Waals surface area contributed by atoms with E-state index in [2.05, 4.69) is 43.4 Å². The summed E-state index contributed by atoms with van der Waals surface area (Å²) in [5.74, 6) is -1.33. The molecule has 2 aromatic carbocycles. The fraction of sp³-hybridized carbons (Fsp3) is 0.278. The third-order valence-electron chi connectivity index (χ3n) is 3.71. The van der Waals surface area contributed by atoms with Gasteiger partial charge in [-0.15, -0.1) is 0 Å². The standard InChI is InChI=1S/C18H21NO2/c1-13-8-10-15(11-9-13)14(2)19-12-17(18(20)21)16-6-4-3-5-7-16/h3-11,14,17,19H,12H2,1-2H3,(H,20,21)/t14-,17?/m0/s1. The Labute approximate surface area is 125 Å². The second kappa shape index (κ2) is 7.04. The van der Waals surface area contributed by atoms with Crippen molar-refractivity contribution in [2.24, 2.45) is 0 Å². The maximum Gasteiger partial charge on any atom is 0.312 e. The number of hydrogen-bond acceptors (Lipinski definition) is 2. The Morgan fingerprint density at radius 1 is 1.05 bits per heavy atom. The number of carboxylic acids is 1. The van der Waals surface area contributed by atoms with Gasteiger partial charge in [0.05, 0.1) is 5.92 Å². The van der Waals surface area contributed by atoms with Crippen LogP contribution in [-0.4, -0.2) is 17.6 Å². The minimum Gasteiger partial charge on any atom is -0.481 e.